The van der Waals surface area contributed by atoms with E-state index in [4.69, 9.17) is 13.7 Å². The lowest BCUT2D eigenvalue weighted by Gasteiger charge is -2.10. The molecule has 0 fully saturated rings. The van der Waals surface area contributed by atoms with Crippen LogP contribution in [-0.4, -0.2) is 16.0 Å². The Balaban J connectivity index is 1.46. The van der Waals surface area contributed by atoms with Gasteiger partial charge in [0.05, 0.1) is 16.8 Å². The summed E-state index contributed by atoms with van der Waals surface area (Å²) in [4.78, 5) is 12.4. The molecule has 0 radical (unpaired) electrons. The third-order valence-corrected chi connectivity index (χ3v) is 6.21. The maximum Gasteiger partial charge on any atom is 0.353 e. The third-order valence-electron chi connectivity index (χ3n) is 5.15. The molecule has 2 heterocycles. The lowest BCUT2D eigenvalue weighted by atomic mass is 10.1. The zero-order valence-electron chi connectivity index (χ0n) is 17.8. The summed E-state index contributed by atoms with van der Waals surface area (Å²) in [5, 5.41) is 14.7. The number of hydrogen-bond acceptors (Lipinski definition) is 7. The lowest BCUT2D eigenvalue weighted by molar-refractivity contribution is 0.302. The molecule has 6 nitrogen and oxygen atoms in total. The van der Waals surface area contributed by atoms with Crippen molar-refractivity contribution in [3.63, 3.8) is 0 Å². The number of hydrogen-bond donors (Lipinski definition) is 1. The van der Waals surface area contributed by atoms with E-state index >= 15 is 0 Å². The summed E-state index contributed by atoms with van der Waals surface area (Å²) < 4.78 is 16.2. The highest BCUT2D eigenvalue weighted by Crippen LogP contribution is 2.36. The van der Waals surface area contributed by atoms with Crippen LogP contribution in [0.15, 0.2) is 79.5 Å². The molecule has 0 amide bonds. The number of aryl methyl sites for hydroxylation is 3. The zero-order chi connectivity index (χ0) is 22.5. The molecule has 0 atom stereocenters. The molecule has 2 aromatic carbocycles. The molecule has 2 aromatic heterocycles. The molecule has 7 heteroatoms. The molecule has 164 valence electrons. The van der Waals surface area contributed by atoms with Gasteiger partial charge in [-0.2, -0.15) is 0 Å². The van der Waals surface area contributed by atoms with E-state index in [1.54, 1.807) is 12.1 Å². The van der Waals surface area contributed by atoms with Gasteiger partial charge in [0.25, 0.3) is 0 Å². The second kappa shape index (κ2) is 9.78. The number of aromatic nitrogens is 1. The van der Waals surface area contributed by atoms with Crippen molar-refractivity contribution in [2.24, 2.45) is 0 Å². The minimum Gasteiger partial charge on any atom is -0.506 e. The molecule has 4 rings (SSSR count). The molecule has 1 N–H and O–H groups in total. The lowest BCUT2D eigenvalue weighted by Crippen LogP contribution is -2.03. The largest absolute Gasteiger partial charge is 0.506 e. The van der Waals surface area contributed by atoms with Gasteiger partial charge in [0.15, 0.2) is 0 Å². The number of benzene rings is 2. The second-order valence-corrected chi connectivity index (χ2v) is 8.42. The van der Waals surface area contributed by atoms with E-state index in [0.717, 1.165) is 29.0 Å². The number of ether oxygens (including phenoxy) is 1. The molecular weight excluding hydrogens is 426 g/mol. The van der Waals surface area contributed by atoms with E-state index in [-0.39, 0.29) is 10.6 Å². The molecule has 0 saturated carbocycles. The molecule has 0 aliphatic carbocycles. The van der Waals surface area contributed by atoms with Gasteiger partial charge in [0.1, 0.15) is 35.0 Å². The van der Waals surface area contributed by atoms with Gasteiger partial charge in [-0.15, -0.1) is 11.8 Å². The van der Waals surface area contributed by atoms with Gasteiger partial charge in [-0.1, -0.05) is 47.6 Å². The second-order valence-electron chi connectivity index (χ2n) is 7.31. The summed E-state index contributed by atoms with van der Waals surface area (Å²) in [6.07, 6.45) is 2.07. The van der Waals surface area contributed by atoms with Crippen molar-refractivity contribution >= 4 is 11.8 Å². The minimum absolute atomic E-state index is 0.0660. The van der Waals surface area contributed by atoms with Crippen molar-refractivity contribution < 1.29 is 18.8 Å². The maximum absolute atomic E-state index is 12.2. The average molecular weight is 450 g/mol. The Morgan fingerprint density at radius 1 is 1.06 bits per heavy atom. The van der Waals surface area contributed by atoms with Crippen LogP contribution in [-0.2, 0) is 13.0 Å². The predicted molar refractivity (Wildman–Crippen MR) is 123 cm³/mol. The number of thioether (sulfide) groups is 1. The molecule has 0 aliphatic heterocycles. The van der Waals surface area contributed by atoms with Crippen LogP contribution in [0.3, 0.4) is 0 Å². The van der Waals surface area contributed by atoms with Crippen LogP contribution in [0, 0.1) is 13.8 Å². The molecule has 0 spiro atoms. The first-order valence-corrected chi connectivity index (χ1v) is 11.2. The maximum atomic E-state index is 12.2. The normalized spacial score (nSPS) is 10.9. The van der Waals surface area contributed by atoms with Gasteiger partial charge in [0, 0.05) is 5.75 Å². The van der Waals surface area contributed by atoms with Crippen LogP contribution in [0.4, 0.5) is 0 Å². The average Bonchev–Trinajstić information content (AvgIpc) is 3.13. The SMILES string of the molecule is Cc1noc(C)c1COc1ccc(-c2coc(=O)c(SCCc3ccccc3)c2O)cc1. The Hall–Kier alpha value is -3.45. The summed E-state index contributed by atoms with van der Waals surface area (Å²) in [5.74, 6) is 1.99. The molecular formula is C25H23NO5S. The quantitative estimate of drug-likeness (QED) is 0.354. The summed E-state index contributed by atoms with van der Waals surface area (Å²) in [6, 6.07) is 17.2. The molecule has 0 saturated heterocycles. The predicted octanol–water partition coefficient (Wildman–Crippen LogP) is 5.53. The number of aromatic hydroxyl groups is 1. The third kappa shape index (κ3) is 4.89. The van der Waals surface area contributed by atoms with E-state index in [2.05, 4.69) is 5.16 Å². The number of nitrogens with zero attached hydrogens (tertiary/aromatic N) is 1. The Labute approximate surface area is 189 Å². The van der Waals surface area contributed by atoms with E-state index in [1.165, 1.54) is 23.6 Å². The van der Waals surface area contributed by atoms with E-state index in [1.807, 2.05) is 56.3 Å². The fourth-order valence-electron chi connectivity index (χ4n) is 3.28. The number of rotatable bonds is 8. The van der Waals surface area contributed by atoms with Gasteiger partial charge in [-0.25, -0.2) is 4.79 Å². The van der Waals surface area contributed by atoms with Crippen molar-refractivity contribution in [1.29, 1.82) is 0 Å². The Kier molecular flexibility index (Phi) is 6.66. The van der Waals surface area contributed by atoms with Crippen LogP contribution in [0.25, 0.3) is 11.1 Å². The first-order valence-electron chi connectivity index (χ1n) is 10.2. The summed E-state index contributed by atoms with van der Waals surface area (Å²) >= 11 is 1.29. The van der Waals surface area contributed by atoms with Crippen LogP contribution >= 0.6 is 11.8 Å². The Morgan fingerprint density at radius 3 is 2.50 bits per heavy atom. The van der Waals surface area contributed by atoms with E-state index in [9.17, 15) is 9.90 Å². The van der Waals surface area contributed by atoms with E-state index in [0.29, 0.717) is 23.7 Å². The van der Waals surface area contributed by atoms with Gasteiger partial charge >= 0.3 is 5.63 Å². The first-order chi connectivity index (χ1) is 15.5. The van der Waals surface area contributed by atoms with Gasteiger partial charge < -0.3 is 18.8 Å². The fraction of sp³-hybridized carbons (Fsp3) is 0.200. The van der Waals surface area contributed by atoms with Crippen molar-refractivity contribution in [1.82, 2.24) is 5.16 Å². The summed E-state index contributed by atoms with van der Waals surface area (Å²) in [6.45, 7) is 4.08. The molecule has 4 aromatic rings. The van der Waals surface area contributed by atoms with Gasteiger partial charge in [-0.3, -0.25) is 0 Å². The van der Waals surface area contributed by atoms with Crippen molar-refractivity contribution in [2.75, 3.05) is 5.75 Å². The Bertz CT molecular complexity index is 1230. The van der Waals surface area contributed by atoms with Crippen molar-refractivity contribution in [2.45, 2.75) is 31.8 Å². The highest BCUT2D eigenvalue weighted by Gasteiger charge is 2.16. The molecule has 0 unspecified atom stereocenters. The zero-order valence-corrected chi connectivity index (χ0v) is 18.6. The molecule has 32 heavy (non-hydrogen) atoms. The van der Waals surface area contributed by atoms with Crippen LogP contribution < -0.4 is 10.4 Å². The fourth-order valence-corrected chi connectivity index (χ4v) is 4.24. The Morgan fingerprint density at radius 2 is 1.81 bits per heavy atom. The standard InChI is InChI=1S/C25H23NO5S/c1-16-21(17(2)31-26-16)14-29-20-10-8-19(9-11-20)22-15-30-25(28)24(23(22)27)32-13-12-18-6-4-3-5-7-18/h3-11,15,27H,12-14H2,1-2H3. The van der Waals surface area contributed by atoms with Crippen LogP contribution in [0.5, 0.6) is 11.5 Å². The summed E-state index contributed by atoms with van der Waals surface area (Å²) in [7, 11) is 0. The highest BCUT2D eigenvalue weighted by molar-refractivity contribution is 7.99. The monoisotopic (exact) mass is 449 g/mol. The highest BCUT2D eigenvalue weighted by atomic mass is 32.2. The smallest absolute Gasteiger partial charge is 0.353 e. The molecule has 0 bridgehead atoms. The molecule has 0 aliphatic rings. The van der Waals surface area contributed by atoms with Crippen molar-refractivity contribution in [3.05, 3.63) is 93.9 Å². The topological polar surface area (TPSA) is 85.7 Å². The van der Waals surface area contributed by atoms with Crippen LogP contribution in [0.1, 0.15) is 22.6 Å². The van der Waals surface area contributed by atoms with Crippen LogP contribution in [0.2, 0.25) is 0 Å². The van der Waals surface area contributed by atoms with Gasteiger partial charge in [-0.05, 0) is 43.5 Å². The summed E-state index contributed by atoms with van der Waals surface area (Å²) in [5.41, 5.74) is 3.55. The first kappa shape index (κ1) is 21.8. The minimum atomic E-state index is -0.538. The van der Waals surface area contributed by atoms with E-state index < -0.39 is 5.63 Å². The van der Waals surface area contributed by atoms with Gasteiger partial charge in [0.2, 0.25) is 0 Å². The van der Waals surface area contributed by atoms with Crippen molar-refractivity contribution in [3.8, 4) is 22.6 Å².